The van der Waals surface area contributed by atoms with E-state index in [1.165, 1.54) is 6.07 Å². The van der Waals surface area contributed by atoms with E-state index in [-0.39, 0.29) is 35.0 Å². The van der Waals surface area contributed by atoms with Gasteiger partial charge in [-0.05, 0) is 62.9 Å². The molecule has 2 aliphatic rings. The van der Waals surface area contributed by atoms with Crippen LogP contribution in [0.5, 0.6) is 0 Å². The lowest BCUT2D eigenvalue weighted by Gasteiger charge is -2.38. The summed E-state index contributed by atoms with van der Waals surface area (Å²) >= 11 is 6.44. The van der Waals surface area contributed by atoms with Crippen molar-refractivity contribution >= 4 is 28.9 Å². The topological polar surface area (TPSA) is 84.3 Å². The van der Waals surface area contributed by atoms with Crippen molar-refractivity contribution < 1.29 is 9.72 Å². The predicted octanol–water partition coefficient (Wildman–Crippen LogP) is 5.60. The molecule has 2 N–H and O–H groups in total. The Labute approximate surface area is 180 Å². The molecule has 2 aromatic carbocycles. The molecule has 0 saturated heterocycles. The van der Waals surface area contributed by atoms with Crippen LogP contribution in [0.15, 0.2) is 48.6 Å². The molecule has 3 unspecified atom stereocenters. The first kappa shape index (κ1) is 20.4. The Hall–Kier alpha value is -2.86. The minimum atomic E-state index is -0.402. The van der Waals surface area contributed by atoms with E-state index < -0.39 is 4.92 Å². The highest BCUT2D eigenvalue weighted by molar-refractivity contribution is 6.31. The number of nitrogens with one attached hydrogen (secondary N) is 2. The van der Waals surface area contributed by atoms with E-state index in [9.17, 15) is 14.9 Å². The van der Waals surface area contributed by atoms with Crippen LogP contribution in [0, 0.1) is 16.0 Å². The molecule has 0 saturated carbocycles. The summed E-state index contributed by atoms with van der Waals surface area (Å²) in [5.74, 6) is 0.176. The molecule has 0 fully saturated rings. The Balaban J connectivity index is 1.72. The fraction of sp³-hybridized carbons (Fsp3) is 0.348. The number of halogens is 1. The maximum atomic E-state index is 12.6. The second-order valence-electron chi connectivity index (χ2n) is 8.94. The SMILES string of the molecule is CC(C)(C)NC(=O)c1ccc2c(c1)C1C=CCC1C(c1cc([N+](=O)[O-])ccc1Cl)N2. The molecule has 1 aliphatic heterocycles. The van der Waals surface area contributed by atoms with Crippen molar-refractivity contribution in [3.05, 3.63) is 80.4 Å². The quantitative estimate of drug-likeness (QED) is 0.380. The van der Waals surface area contributed by atoms with Crippen molar-refractivity contribution in [2.24, 2.45) is 5.92 Å². The largest absolute Gasteiger partial charge is 0.378 e. The van der Waals surface area contributed by atoms with Gasteiger partial charge in [0, 0.05) is 45.4 Å². The van der Waals surface area contributed by atoms with E-state index in [2.05, 4.69) is 22.8 Å². The number of allylic oxidation sites excluding steroid dienone is 2. The van der Waals surface area contributed by atoms with Gasteiger partial charge in [-0.15, -0.1) is 0 Å². The van der Waals surface area contributed by atoms with Gasteiger partial charge < -0.3 is 10.6 Å². The molecular formula is C23H24ClN3O3. The van der Waals surface area contributed by atoms with Crippen LogP contribution in [-0.2, 0) is 0 Å². The summed E-state index contributed by atoms with van der Waals surface area (Å²) in [4.78, 5) is 23.5. The zero-order valence-electron chi connectivity index (χ0n) is 17.1. The molecule has 0 spiro atoms. The zero-order valence-corrected chi connectivity index (χ0v) is 17.9. The zero-order chi connectivity index (χ0) is 21.6. The van der Waals surface area contributed by atoms with Gasteiger partial charge in [0.05, 0.1) is 11.0 Å². The molecule has 1 heterocycles. The summed E-state index contributed by atoms with van der Waals surface area (Å²) in [6.07, 6.45) is 5.12. The van der Waals surface area contributed by atoms with Gasteiger partial charge in [-0.3, -0.25) is 14.9 Å². The van der Waals surface area contributed by atoms with Crippen LogP contribution in [-0.4, -0.2) is 16.4 Å². The van der Waals surface area contributed by atoms with Crippen LogP contribution < -0.4 is 10.6 Å². The Morgan fingerprint density at radius 2 is 1.97 bits per heavy atom. The molecule has 1 amide bonds. The average Bonchev–Trinajstić information content (AvgIpc) is 3.16. The van der Waals surface area contributed by atoms with Gasteiger partial charge in [0.2, 0.25) is 0 Å². The molecule has 3 atom stereocenters. The minimum Gasteiger partial charge on any atom is -0.378 e. The summed E-state index contributed by atoms with van der Waals surface area (Å²) in [5, 5.41) is 18.3. The summed E-state index contributed by atoms with van der Waals surface area (Å²) < 4.78 is 0. The summed E-state index contributed by atoms with van der Waals surface area (Å²) in [6, 6.07) is 10.1. The monoisotopic (exact) mass is 425 g/mol. The molecule has 0 radical (unpaired) electrons. The highest BCUT2D eigenvalue weighted by atomic mass is 35.5. The van der Waals surface area contributed by atoms with Crippen LogP contribution in [0.3, 0.4) is 0 Å². The number of non-ortho nitro benzene ring substituents is 1. The fourth-order valence-corrected chi connectivity index (χ4v) is 4.57. The molecule has 0 bridgehead atoms. The van der Waals surface area contributed by atoms with Gasteiger partial charge in [0.25, 0.3) is 11.6 Å². The first-order valence-corrected chi connectivity index (χ1v) is 10.4. The lowest BCUT2D eigenvalue weighted by Crippen LogP contribution is -2.40. The van der Waals surface area contributed by atoms with Crippen molar-refractivity contribution in [1.82, 2.24) is 5.32 Å². The number of nitrogens with zero attached hydrogens (tertiary/aromatic N) is 1. The Morgan fingerprint density at radius 1 is 1.20 bits per heavy atom. The van der Waals surface area contributed by atoms with Crippen molar-refractivity contribution in [1.29, 1.82) is 0 Å². The number of hydrogen-bond acceptors (Lipinski definition) is 4. The number of rotatable bonds is 3. The van der Waals surface area contributed by atoms with Crippen molar-refractivity contribution in [3.63, 3.8) is 0 Å². The molecule has 6 nitrogen and oxygen atoms in total. The second kappa shape index (κ2) is 7.43. The predicted molar refractivity (Wildman–Crippen MR) is 118 cm³/mol. The highest BCUT2D eigenvalue weighted by Crippen LogP contribution is 2.51. The van der Waals surface area contributed by atoms with E-state index in [0.717, 1.165) is 23.2 Å². The number of nitro groups is 1. The Bertz CT molecular complexity index is 1060. The van der Waals surface area contributed by atoms with Gasteiger partial charge in [0.15, 0.2) is 0 Å². The third-order valence-electron chi connectivity index (χ3n) is 5.64. The van der Waals surface area contributed by atoms with Crippen molar-refractivity contribution in [2.45, 2.75) is 44.7 Å². The maximum Gasteiger partial charge on any atom is 0.269 e. The summed E-state index contributed by atoms with van der Waals surface area (Å²) in [7, 11) is 0. The molecule has 30 heavy (non-hydrogen) atoms. The summed E-state index contributed by atoms with van der Waals surface area (Å²) in [5.41, 5.74) is 3.04. The first-order chi connectivity index (χ1) is 14.1. The normalized spacial score (nSPS) is 22.1. The lowest BCUT2D eigenvalue weighted by molar-refractivity contribution is -0.384. The number of fused-ring (bicyclic) bond motifs is 3. The van der Waals surface area contributed by atoms with Crippen LogP contribution in [0.2, 0.25) is 5.02 Å². The maximum absolute atomic E-state index is 12.6. The number of carbonyl (C=O) groups is 1. The van der Waals surface area contributed by atoms with Crippen molar-refractivity contribution in [3.8, 4) is 0 Å². The van der Waals surface area contributed by atoms with Crippen LogP contribution in [0.1, 0.15) is 60.6 Å². The van der Waals surface area contributed by atoms with Crippen LogP contribution >= 0.6 is 11.6 Å². The van der Waals surface area contributed by atoms with Gasteiger partial charge in [0.1, 0.15) is 0 Å². The fourth-order valence-electron chi connectivity index (χ4n) is 4.34. The molecule has 156 valence electrons. The number of anilines is 1. The van der Waals surface area contributed by atoms with Crippen LogP contribution in [0.4, 0.5) is 11.4 Å². The third kappa shape index (κ3) is 3.79. The van der Waals surface area contributed by atoms with E-state index in [1.54, 1.807) is 18.2 Å². The van der Waals surface area contributed by atoms with E-state index in [1.807, 2.05) is 32.9 Å². The van der Waals surface area contributed by atoms with E-state index >= 15 is 0 Å². The lowest BCUT2D eigenvalue weighted by atomic mass is 9.76. The molecule has 7 heteroatoms. The molecular weight excluding hydrogens is 402 g/mol. The standard InChI is InChI=1S/C23H24ClN3O3/c1-23(2,3)26-22(28)13-7-10-20-17(11-13)15-5-4-6-16(15)21(25-20)18-12-14(27(29)30)8-9-19(18)24/h4-5,7-12,15-16,21,25H,6H2,1-3H3,(H,26,28). The number of nitro benzene ring substituents is 1. The summed E-state index contributed by atoms with van der Waals surface area (Å²) in [6.45, 7) is 5.86. The highest BCUT2D eigenvalue weighted by Gasteiger charge is 2.39. The second-order valence-corrected chi connectivity index (χ2v) is 9.35. The van der Waals surface area contributed by atoms with E-state index in [4.69, 9.17) is 11.6 Å². The molecule has 2 aromatic rings. The smallest absolute Gasteiger partial charge is 0.269 e. The third-order valence-corrected chi connectivity index (χ3v) is 5.98. The van der Waals surface area contributed by atoms with Crippen LogP contribution in [0.25, 0.3) is 0 Å². The number of amides is 1. The average molecular weight is 426 g/mol. The number of carbonyl (C=O) groups excluding carboxylic acids is 1. The Morgan fingerprint density at radius 3 is 2.67 bits per heavy atom. The van der Waals surface area contributed by atoms with Crippen molar-refractivity contribution in [2.75, 3.05) is 5.32 Å². The number of benzene rings is 2. The molecule has 0 aromatic heterocycles. The molecule has 1 aliphatic carbocycles. The Kier molecular flexibility index (Phi) is 5.06. The minimum absolute atomic E-state index is 0.0266. The van der Waals surface area contributed by atoms with Gasteiger partial charge in [-0.1, -0.05) is 23.8 Å². The van der Waals surface area contributed by atoms with Gasteiger partial charge >= 0.3 is 0 Å². The number of hydrogen-bond donors (Lipinski definition) is 2. The van der Waals surface area contributed by atoms with E-state index in [0.29, 0.717) is 10.6 Å². The van der Waals surface area contributed by atoms with Gasteiger partial charge in [-0.25, -0.2) is 0 Å². The first-order valence-electron chi connectivity index (χ1n) is 9.97. The van der Waals surface area contributed by atoms with Gasteiger partial charge in [-0.2, -0.15) is 0 Å². The molecule has 4 rings (SSSR count).